The number of carboxylic acids is 1. The lowest BCUT2D eigenvalue weighted by Crippen LogP contribution is -2.30. The van der Waals surface area contributed by atoms with Crippen molar-refractivity contribution in [2.24, 2.45) is 0 Å². The van der Waals surface area contributed by atoms with Crippen molar-refractivity contribution >= 4 is 5.97 Å². The third-order valence-corrected chi connectivity index (χ3v) is 4.04. The second-order valence-electron chi connectivity index (χ2n) is 5.96. The van der Waals surface area contributed by atoms with Crippen LogP contribution >= 0.6 is 0 Å². The summed E-state index contributed by atoms with van der Waals surface area (Å²) in [6.07, 6.45) is 1.00. The highest BCUT2D eigenvalue weighted by Crippen LogP contribution is 2.13. The van der Waals surface area contributed by atoms with Gasteiger partial charge in [0.05, 0.1) is 5.56 Å². The number of nitrogens with zero attached hydrogens (tertiary/aromatic N) is 1. The van der Waals surface area contributed by atoms with Gasteiger partial charge < -0.3 is 5.11 Å². The van der Waals surface area contributed by atoms with Crippen LogP contribution in [0.25, 0.3) is 0 Å². The molecule has 0 aromatic heterocycles. The molecule has 0 aliphatic rings. The molecule has 0 spiro atoms. The number of aryl methyl sites for hydroxylation is 1. The van der Waals surface area contributed by atoms with Crippen LogP contribution in [0.1, 0.15) is 34.0 Å². The molecule has 0 radical (unpaired) electrons. The number of carbonyl (C=O) groups is 1. The second-order valence-corrected chi connectivity index (χ2v) is 5.96. The predicted octanol–water partition coefficient (Wildman–Crippen LogP) is 3.76. The molecular weight excluding hydrogens is 274 g/mol. The van der Waals surface area contributed by atoms with Crippen LogP contribution < -0.4 is 0 Å². The van der Waals surface area contributed by atoms with Crippen molar-refractivity contribution in [3.8, 4) is 0 Å². The van der Waals surface area contributed by atoms with Crippen LogP contribution in [0.15, 0.2) is 48.5 Å². The van der Waals surface area contributed by atoms with Gasteiger partial charge in [-0.15, -0.1) is 0 Å². The smallest absolute Gasteiger partial charge is 0.335 e. The number of aromatic carboxylic acids is 1. The topological polar surface area (TPSA) is 40.5 Å². The van der Waals surface area contributed by atoms with Gasteiger partial charge in [0.15, 0.2) is 0 Å². The van der Waals surface area contributed by atoms with Gasteiger partial charge in [0, 0.05) is 12.6 Å². The lowest BCUT2D eigenvalue weighted by molar-refractivity contribution is 0.0697. The molecule has 1 atom stereocenters. The maximum atomic E-state index is 10.9. The number of benzene rings is 2. The van der Waals surface area contributed by atoms with E-state index in [2.05, 4.69) is 50.1 Å². The quantitative estimate of drug-likeness (QED) is 0.882. The fourth-order valence-electron chi connectivity index (χ4n) is 2.42. The highest BCUT2D eigenvalue weighted by molar-refractivity contribution is 5.87. The number of rotatable bonds is 6. The average Bonchev–Trinajstić information content (AvgIpc) is 2.50. The molecule has 2 aromatic rings. The van der Waals surface area contributed by atoms with Gasteiger partial charge in [-0.2, -0.15) is 0 Å². The van der Waals surface area contributed by atoms with E-state index in [4.69, 9.17) is 5.11 Å². The average molecular weight is 297 g/mol. The third-order valence-electron chi connectivity index (χ3n) is 4.04. The van der Waals surface area contributed by atoms with Gasteiger partial charge in [-0.05, 0) is 50.6 Å². The van der Waals surface area contributed by atoms with E-state index in [-0.39, 0.29) is 0 Å². The SMILES string of the molecule is Cc1ccc(CC(C)N(C)Cc2ccc(C(=O)O)cc2)cc1. The molecule has 22 heavy (non-hydrogen) atoms. The summed E-state index contributed by atoms with van der Waals surface area (Å²) in [6, 6.07) is 16.2. The minimum atomic E-state index is -0.882. The second kappa shape index (κ2) is 7.23. The van der Waals surface area contributed by atoms with Crippen molar-refractivity contribution in [3.63, 3.8) is 0 Å². The fraction of sp³-hybridized carbons (Fsp3) is 0.316. The van der Waals surface area contributed by atoms with Gasteiger partial charge in [-0.25, -0.2) is 4.79 Å². The largest absolute Gasteiger partial charge is 0.478 e. The van der Waals surface area contributed by atoms with E-state index in [1.54, 1.807) is 12.1 Å². The van der Waals surface area contributed by atoms with Crippen molar-refractivity contribution in [1.82, 2.24) is 4.90 Å². The van der Waals surface area contributed by atoms with Crippen molar-refractivity contribution in [2.45, 2.75) is 32.9 Å². The third kappa shape index (κ3) is 4.43. The molecule has 0 saturated heterocycles. The minimum absolute atomic E-state index is 0.333. The van der Waals surface area contributed by atoms with Gasteiger partial charge >= 0.3 is 5.97 Å². The highest BCUT2D eigenvalue weighted by atomic mass is 16.4. The van der Waals surface area contributed by atoms with E-state index < -0.39 is 5.97 Å². The molecule has 0 aliphatic carbocycles. The minimum Gasteiger partial charge on any atom is -0.478 e. The number of hydrogen-bond acceptors (Lipinski definition) is 2. The molecule has 3 nitrogen and oxygen atoms in total. The predicted molar refractivity (Wildman–Crippen MR) is 89.2 cm³/mol. The van der Waals surface area contributed by atoms with E-state index in [9.17, 15) is 4.79 Å². The maximum absolute atomic E-state index is 10.9. The number of likely N-dealkylation sites (N-methyl/N-ethyl adjacent to an activating group) is 1. The van der Waals surface area contributed by atoms with Gasteiger partial charge in [0.25, 0.3) is 0 Å². The molecule has 1 N–H and O–H groups in total. The number of hydrogen-bond donors (Lipinski definition) is 1. The van der Waals surface area contributed by atoms with Crippen LogP contribution in [0, 0.1) is 6.92 Å². The first-order valence-electron chi connectivity index (χ1n) is 7.53. The zero-order chi connectivity index (χ0) is 16.1. The fourth-order valence-corrected chi connectivity index (χ4v) is 2.42. The molecule has 0 bridgehead atoms. The normalized spacial score (nSPS) is 12.4. The summed E-state index contributed by atoms with van der Waals surface area (Å²) < 4.78 is 0. The maximum Gasteiger partial charge on any atom is 0.335 e. The van der Waals surface area contributed by atoms with Crippen LogP contribution in [0.4, 0.5) is 0 Å². The molecule has 0 heterocycles. The number of carboxylic acid groups (broad SMARTS) is 1. The summed E-state index contributed by atoms with van der Waals surface area (Å²) in [6.45, 7) is 5.12. The Morgan fingerprint density at radius 3 is 2.14 bits per heavy atom. The molecule has 0 fully saturated rings. The van der Waals surface area contributed by atoms with Gasteiger partial charge in [0.1, 0.15) is 0 Å². The Kier molecular flexibility index (Phi) is 5.34. The summed E-state index contributed by atoms with van der Waals surface area (Å²) in [7, 11) is 2.10. The first-order chi connectivity index (χ1) is 10.5. The van der Waals surface area contributed by atoms with E-state index in [1.165, 1.54) is 11.1 Å². The van der Waals surface area contributed by atoms with Crippen molar-refractivity contribution in [3.05, 3.63) is 70.8 Å². The van der Waals surface area contributed by atoms with Gasteiger partial charge in [-0.3, -0.25) is 4.90 Å². The molecule has 2 rings (SSSR count). The summed E-state index contributed by atoms with van der Waals surface area (Å²) >= 11 is 0. The summed E-state index contributed by atoms with van der Waals surface area (Å²) in [4.78, 5) is 13.1. The summed E-state index contributed by atoms with van der Waals surface area (Å²) in [5.74, 6) is -0.882. The zero-order valence-corrected chi connectivity index (χ0v) is 13.4. The molecular formula is C19H23NO2. The van der Waals surface area contributed by atoms with Crippen molar-refractivity contribution < 1.29 is 9.90 Å². The Labute approximate surface area is 132 Å². The van der Waals surface area contributed by atoms with Crippen LogP contribution in [-0.2, 0) is 13.0 Å². The zero-order valence-electron chi connectivity index (χ0n) is 13.4. The lowest BCUT2D eigenvalue weighted by Gasteiger charge is -2.25. The molecule has 0 aliphatic heterocycles. The summed E-state index contributed by atoms with van der Waals surface area (Å²) in [5, 5.41) is 8.92. The van der Waals surface area contributed by atoms with E-state index >= 15 is 0 Å². The molecule has 0 amide bonds. The molecule has 2 aromatic carbocycles. The first kappa shape index (κ1) is 16.2. The molecule has 1 unspecified atom stereocenters. The van der Waals surface area contributed by atoms with Gasteiger partial charge in [0.2, 0.25) is 0 Å². The van der Waals surface area contributed by atoms with Crippen molar-refractivity contribution in [2.75, 3.05) is 7.05 Å². The Bertz CT molecular complexity index is 617. The summed E-state index contributed by atoms with van der Waals surface area (Å²) in [5.41, 5.74) is 4.08. The molecule has 0 saturated carbocycles. The standard InChI is InChI=1S/C19H23NO2/c1-14-4-6-16(7-5-14)12-15(2)20(3)13-17-8-10-18(11-9-17)19(21)22/h4-11,15H,12-13H2,1-3H3,(H,21,22). The first-order valence-corrected chi connectivity index (χ1v) is 7.53. The monoisotopic (exact) mass is 297 g/mol. The Morgan fingerprint density at radius 1 is 1.05 bits per heavy atom. The van der Waals surface area contributed by atoms with Crippen LogP contribution in [0.2, 0.25) is 0 Å². The Morgan fingerprint density at radius 2 is 1.59 bits per heavy atom. The Hall–Kier alpha value is -2.13. The van der Waals surface area contributed by atoms with E-state index in [1.807, 2.05) is 12.1 Å². The lowest BCUT2D eigenvalue weighted by atomic mass is 10.0. The van der Waals surface area contributed by atoms with E-state index in [0.29, 0.717) is 11.6 Å². The van der Waals surface area contributed by atoms with Crippen LogP contribution in [-0.4, -0.2) is 29.1 Å². The molecule has 3 heteroatoms. The van der Waals surface area contributed by atoms with Crippen molar-refractivity contribution in [1.29, 1.82) is 0 Å². The van der Waals surface area contributed by atoms with E-state index in [0.717, 1.165) is 18.5 Å². The highest BCUT2D eigenvalue weighted by Gasteiger charge is 2.11. The van der Waals surface area contributed by atoms with Gasteiger partial charge in [-0.1, -0.05) is 42.0 Å². The Balaban J connectivity index is 1.94. The molecule has 116 valence electrons. The van der Waals surface area contributed by atoms with Crippen LogP contribution in [0.3, 0.4) is 0 Å². The van der Waals surface area contributed by atoms with Crippen LogP contribution in [0.5, 0.6) is 0 Å².